The number of aromatic hydroxyl groups is 1. The highest BCUT2D eigenvalue weighted by Crippen LogP contribution is 2.33. The van der Waals surface area contributed by atoms with Gasteiger partial charge in [0.15, 0.2) is 5.65 Å². The maximum atomic E-state index is 12.7. The molecule has 0 unspecified atom stereocenters. The van der Waals surface area contributed by atoms with E-state index in [1.807, 2.05) is 29.2 Å². The highest BCUT2D eigenvalue weighted by Gasteiger charge is 2.25. The molecule has 0 fully saturated rings. The molecule has 1 aromatic carbocycles. The van der Waals surface area contributed by atoms with Crippen molar-refractivity contribution in [2.45, 2.75) is 12.8 Å². The number of hydrogen-bond acceptors (Lipinski definition) is 7. The number of aromatic nitrogens is 3. The highest BCUT2D eigenvalue weighted by atomic mass is 16.4. The first kappa shape index (κ1) is 19.4. The van der Waals surface area contributed by atoms with Crippen molar-refractivity contribution in [3.63, 3.8) is 0 Å². The fraction of sp³-hybridized carbons (Fsp3) is 0.250. The summed E-state index contributed by atoms with van der Waals surface area (Å²) in [7, 11) is 1.43. The van der Waals surface area contributed by atoms with Crippen LogP contribution in [0.5, 0.6) is 5.75 Å². The Bertz CT molecular complexity index is 1240. The molecule has 1 aliphatic rings. The summed E-state index contributed by atoms with van der Waals surface area (Å²) >= 11 is 0. The third kappa shape index (κ3) is 3.21. The Kier molecular flexibility index (Phi) is 4.82. The van der Waals surface area contributed by atoms with Gasteiger partial charge in [-0.3, -0.25) is 19.0 Å². The Morgan fingerprint density at radius 3 is 2.80 bits per heavy atom. The van der Waals surface area contributed by atoms with Crippen LogP contribution in [0.3, 0.4) is 0 Å². The predicted molar refractivity (Wildman–Crippen MR) is 108 cm³/mol. The van der Waals surface area contributed by atoms with E-state index >= 15 is 0 Å². The average molecular weight is 409 g/mol. The Morgan fingerprint density at radius 1 is 1.27 bits per heavy atom. The second-order valence-corrected chi connectivity index (χ2v) is 6.96. The molecule has 3 N–H and O–H groups in total. The Morgan fingerprint density at radius 2 is 2.03 bits per heavy atom. The number of aliphatic carboxylic acids is 1. The number of pyridine rings is 1. The fourth-order valence-corrected chi connectivity index (χ4v) is 3.61. The smallest absolute Gasteiger partial charge is 0.322 e. The number of carboxylic acid groups (broad SMARTS) is 1. The molecule has 0 spiro atoms. The van der Waals surface area contributed by atoms with Crippen LogP contribution in [0.1, 0.15) is 22.3 Å². The van der Waals surface area contributed by atoms with E-state index in [1.165, 1.54) is 18.8 Å². The zero-order valence-electron chi connectivity index (χ0n) is 16.1. The van der Waals surface area contributed by atoms with Gasteiger partial charge in [-0.1, -0.05) is 18.2 Å². The number of carbonyl (C=O) groups excluding carboxylic acids is 1. The van der Waals surface area contributed by atoms with Crippen LogP contribution in [0.25, 0.3) is 11.0 Å². The summed E-state index contributed by atoms with van der Waals surface area (Å²) in [5, 5.41) is 21.4. The van der Waals surface area contributed by atoms with Crippen molar-refractivity contribution in [3.8, 4) is 5.75 Å². The lowest BCUT2D eigenvalue weighted by Crippen LogP contribution is -2.35. The molecule has 30 heavy (non-hydrogen) atoms. The Labute approximate surface area is 170 Å². The number of aryl methyl sites for hydroxylation is 2. The van der Waals surface area contributed by atoms with Crippen LogP contribution in [0.15, 0.2) is 35.3 Å². The first-order valence-corrected chi connectivity index (χ1v) is 9.32. The second kappa shape index (κ2) is 7.47. The number of carboxylic acids is 1. The molecular weight excluding hydrogens is 390 g/mol. The summed E-state index contributed by atoms with van der Waals surface area (Å²) in [5.41, 5.74) is 0.995. The van der Waals surface area contributed by atoms with Crippen LogP contribution in [0, 0.1) is 0 Å². The molecule has 0 bridgehead atoms. The second-order valence-electron chi connectivity index (χ2n) is 6.96. The molecule has 3 heterocycles. The van der Waals surface area contributed by atoms with Gasteiger partial charge >= 0.3 is 5.97 Å². The van der Waals surface area contributed by atoms with Crippen LogP contribution in [0.4, 0.5) is 11.6 Å². The van der Waals surface area contributed by atoms with E-state index in [0.29, 0.717) is 12.5 Å². The van der Waals surface area contributed by atoms with Crippen molar-refractivity contribution >= 4 is 34.5 Å². The summed E-state index contributed by atoms with van der Waals surface area (Å²) < 4.78 is 1.14. The number of anilines is 2. The van der Waals surface area contributed by atoms with Crippen molar-refractivity contribution in [3.05, 3.63) is 51.9 Å². The van der Waals surface area contributed by atoms with Crippen molar-refractivity contribution < 1.29 is 19.8 Å². The van der Waals surface area contributed by atoms with Crippen LogP contribution in [-0.2, 0) is 18.3 Å². The monoisotopic (exact) mass is 409 g/mol. The molecule has 1 amide bonds. The SMILES string of the molecule is Cn1c(=O)c(C(=O)NCC(=O)O)c(O)c2cnc(N3CCCc4ccccc43)nc21. The topological polar surface area (TPSA) is 138 Å². The minimum Gasteiger partial charge on any atom is -0.506 e. The van der Waals surface area contributed by atoms with Gasteiger partial charge in [0.25, 0.3) is 11.5 Å². The van der Waals surface area contributed by atoms with Crippen molar-refractivity contribution in [2.75, 3.05) is 18.0 Å². The van der Waals surface area contributed by atoms with Gasteiger partial charge in [-0.05, 0) is 24.5 Å². The zero-order chi connectivity index (χ0) is 21.4. The lowest BCUT2D eigenvalue weighted by Gasteiger charge is -2.29. The summed E-state index contributed by atoms with van der Waals surface area (Å²) in [5.74, 6) is -2.45. The Balaban J connectivity index is 1.81. The number of rotatable bonds is 4. The summed E-state index contributed by atoms with van der Waals surface area (Å²) in [4.78, 5) is 46.4. The summed E-state index contributed by atoms with van der Waals surface area (Å²) in [6.07, 6.45) is 3.23. The molecule has 0 saturated carbocycles. The minimum atomic E-state index is -1.27. The first-order chi connectivity index (χ1) is 14.4. The highest BCUT2D eigenvalue weighted by molar-refractivity contribution is 6.02. The van der Waals surface area contributed by atoms with Crippen LogP contribution in [-0.4, -0.2) is 49.7 Å². The first-order valence-electron chi connectivity index (χ1n) is 9.32. The van der Waals surface area contributed by atoms with Gasteiger partial charge in [-0.15, -0.1) is 0 Å². The van der Waals surface area contributed by atoms with Crippen LogP contribution >= 0.6 is 0 Å². The lowest BCUT2D eigenvalue weighted by atomic mass is 10.0. The quantitative estimate of drug-likeness (QED) is 0.579. The number of benzene rings is 1. The molecule has 0 saturated heterocycles. The summed E-state index contributed by atoms with van der Waals surface area (Å²) in [6.45, 7) is 0.0292. The number of nitrogens with one attached hydrogen (secondary N) is 1. The normalized spacial score (nSPS) is 13.2. The number of fused-ring (bicyclic) bond motifs is 2. The number of amides is 1. The van der Waals surface area contributed by atoms with E-state index in [2.05, 4.69) is 15.3 Å². The van der Waals surface area contributed by atoms with E-state index in [4.69, 9.17) is 5.11 Å². The molecule has 0 atom stereocenters. The van der Waals surface area contributed by atoms with Gasteiger partial charge in [0.2, 0.25) is 5.95 Å². The third-order valence-corrected chi connectivity index (χ3v) is 5.06. The molecule has 2 aromatic heterocycles. The average Bonchev–Trinajstić information content (AvgIpc) is 2.75. The summed E-state index contributed by atoms with van der Waals surface area (Å²) in [6, 6.07) is 7.94. The van der Waals surface area contributed by atoms with Crippen molar-refractivity contribution in [2.24, 2.45) is 7.05 Å². The van der Waals surface area contributed by atoms with Gasteiger partial charge in [0.1, 0.15) is 17.9 Å². The molecule has 10 nitrogen and oxygen atoms in total. The number of nitrogens with zero attached hydrogens (tertiary/aromatic N) is 4. The lowest BCUT2D eigenvalue weighted by molar-refractivity contribution is -0.135. The fourth-order valence-electron chi connectivity index (χ4n) is 3.61. The van der Waals surface area contributed by atoms with Gasteiger partial charge < -0.3 is 20.4 Å². The predicted octanol–water partition coefficient (Wildman–Crippen LogP) is 0.933. The third-order valence-electron chi connectivity index (χ3n) is 5.06. The Hall–Kier alpha value is -3.95. The van der Waals surface area contributed by atoms with Gasteiger partial charge in [0.05, 0.1) is 5.39 Å². The van der Waals surface area contributed by atoms with Crippen molar-refractivity contribution in [1.29, 1.82) is 0 Å². The van der Waals surface area contributed by atoms with Gasteiger partial charge in [-0.2, -0.15) is 4.98 Å². The molecule has 154 valence electrons. The molecule has 0 aliphatic carbocycles. The van der Waals surface area contributed by atoms with E-state index in [1.54, 1.807) is 0 Å². The van der Waals surface area contributed by atoms with E-state index in [-0.39, 0.29) is 11.0 Å². The standard InChI is InChI=1S/C20H19N5O5/c1-24-17-12(16(28)15(19(24)30)18(29)21-10-14(26)27)9-22-20(23-17)25-8-4-6-11-5-2-3-7-13(11)25/h2-3,5,7,9,28H,4,6,8,10H2,1H3,(H,21,29)(H,26,27). The maximum absolute atomic E-state index is 12.7. The maximum Gasteiger partial charge on any atom is 0.322 e. The largest absolute Gasteiger partial charge is 0.506 e. The molecule has 3 aromatic rings. The van der Waals surface area contributed by atoms with Crippen molar-refractivity contribution in [1.82, 2.24) is 19.9 Å². The molecule has 1 aliphatic heterocycles. The van der Waals surface area contributed by atoms with E-state index in [0.717, 1.165) is 23.1 Å². The van der Waals surface area contributed by atoms with Crippen LogP contribution < -0.4 is 15.8 Å². The van der Waals surface area contributed by atoms with E-state index < -0.39 is 35.3 Å². The molecule has 0 radical (unpaired) electrons. The van der Waals surface area contributed by atoms with Gasteiger partial charge in [-0.25, -0.2) is 4.98 Å². The minimum absolute atomic E-state index is 0.117. The zero-order valence-corrected chi connectivity index (χ0v) is 16.1. The number of para-hydroxylation sites is 1. The molecule has 4 rings (SSSR count). The molecular formula is C20H19N5O5. The van der Waals surface area contributed by atoms with Gasteiger partial charge in [0, 0.05) is 25.5 Å². The number of carbonyl (C=O) groups is 2. The molecule has 10 heteroatoms. The van der Waals surface area contributed by atoms with Crippen LogP contribution in [0.2, 0.25) is 0 Å². The van der Waals surface area contributed by atoms with E-state index in [9.17, 15) is 19.5 Å². The number of hydrogen-bond donors (Lipinski definition) is 3.